The summed E-state index contributed by atoms with van der Waals surface area (Å²) in [5.41, 5.74) is 4.19. The maximum absolute atomic E-state index is 13.8. The van der Waals surface area contributed by atoms with E-state index in [1.54, 1.807) is 40.6 Å². The van der Waals surface area contributed by atoms with E-state index in [4.69, 9.17) is 26.1 Å². The minimum atomic E-state index is -1.26. The zero-order valence-electron chi connectivity index (χ0n) is 43.4. The Morgan fingerprint density at radius 3 is 2.25 bits per heavy atom. The van der Waals surface area contributed by atoms with Crippen LogP contribution in [0.3, 0.4) is 0 Å². The number of rotatable bonds is 17. The number of aliphatic hydroxyl groups is 2. The number of nitrogens with zero attached hydrogens (tertiary/aromatic N) is 6. The highest BCUT2D eigenvalue weighted by molar-refractivity contribution is 7.13. The van der Waals surface area contributed by atoms with Crippen LogP contribution in [0.2, 0.25) is 5.02 Å². The average molecular weight is 1030 g/mol. The summed E-state index contributed by atoms with van der Waals surface area (Å²) in [7, 11) is 0. The SMILES string of the molecule is Cc1ncsc1-c1ccc([C@H](C)NC(=O)[C@@H]2C[C@@H](O)CN2[C@@H](O)[C@@H](NC(=O)COCCN2[C@H](C)CN(c3ccc(C(=O)NC4C(C)(C)C(Oc5ccc(C#N)c(Cl)c5)C4(C)C)cn3)C[C@@H]2C)C(C)(C)C)cc1. The Morgan fingerprint density at radius 1 is 0.986 bits per heavy atom. The fraction of sp³-hybridized carbons (Fsp3) is 0.556. The molecule has 4 heterocycles. The Morgan fingerprint density at radius 2 is 1.67 bits per heavy atom. The molecule has 2 aliphatic heterocycles. The van der Waals surface area contributed by atoms with Crippen molar-refractivity contribution in [2.24, 2.45) is 16.2 Å². The van der Waals surface area contributed by atoms with Crippen molar-refractivity contribution in [1.29, 1.82) is 5.26 Å². The highest BCUT2D eigenvalue weighted by Crippen LogP contribution is 2.55. The lowest BCUT2D eigenvalue weighted by molar-refractivity contribution is -0.164. The van der Waals surface area contributed by atoms with Gasteiger partial charge >= 0.3 is 0 Å². The summed E-state index contributed by atoms with van der Waals surface area (Å²) < 4.78 is 12.3. The van der Waals surface area contributed by atoms with Gasteiger partial charge in [-0.05, 0) is 74.9 Å². The minimum Gasteiger partial charge on any atom is -0.489 e. The number of likely N-dealkylation sites (tertiary alicyclic amines) is 1. The first-order valence-corrected chi connectivity index (χ1v) is 26.1. The summed E-state index contributed by atoms with van der Waals surface area (Å²) in [6.45, 7) is 24.4. The Balaban J connectivity index is 0.860. The monoisotopic (exact) mass is 1030 g/mol. The minimum absolute atomic E-state index is 0.0770. The number of hydrogen-bond donors (Lipinski definition) is 5. The molecule has 0 unspecified atom stereocenters. The van der Waals surface area contributed by atoms with Crippen LogP contribution < -0.4 is 25.6 Å². The Hall–Kier alpha value is -5.19. The number of anilines is 1. The van der Waals surface area contributed by atoms with Gasteiger partial charge in [-0.2, -0.15) is 5.26 Å². The predicted octanol–water partition coefficient (Wildman–Crippen LogP) is 6.73. The summed E-state index contributed by atoms with van der Waals surface area (Å²) in [4.78, 5) is 57.1. The van der Waals surface area contributed by atoms with E-state index in [2.05, 4.69) is 78.3 Å². The summed E-state index contributed by atoms with van der Waals surface area (Å²) in [6.07, 6.45) is -0.535. The number of amides is 3. The second-order valence-corrected chi connectivity index (χ2v) is 23.4. The number of carbonyl (C=O) groups excluding carboxylic acids is 3. The van der Waals surface area contributed by atoms with Crippen LogP contribution in [-0.2, 0) is 14.3 Å². The van der Waals surface area contributed by atoms with Crippen LogP contribution in [0, 0.1) is 34.5 Å². The molecule has 2 saturated heterocycles. The van der Waals surface area contributed by atoms with E-state index >= 15 is 0 Å². The number of halogens is 1. The highest BCUT2D eigenvalue weighted by Gasteiger charge is 2.64. The van der Waals surface area contributed by atoms with E-state index in [-0.39, 0.29) is 61.7 Å². The number of hydrogen-bond acceptors (Lipinski definition) is 14. The fourth-order valence-corrected chi connectivity index (χ4v) is 12.3. The quantitative estimate of drug-likeness (QED) is 0.0698. The molecule has 2 aromatic heterocycles. The number of aliphatic hydroxyl groups excluding tert-OH is 2. The molecule has 1 saturated carbocycles. The molecule has 7 atom stereocenters. The second kappa shape index (κ2) is 22.1. The summed E-state index contributed by atoms with van der Waals surface area (Å²) in [5, 5.41) is 41.5. The molecule has 5 N–H and O–H groups in total. The Bertz CT molecular complexity index is 2570. The van der Waals surface area contributed by atoms with Gasteiger partial charge in [-0.1, -0.05) is 84.3 Å². The third kappa shape index (κ3) is 11.9. The van der Waals surface area contributed by atoms with Gasteiger partial charge in [-0.25, -0.2) is 9.97 Å². The number of β-amino-alcohol motifs (C(OH)–C–C–N with tert-alkyl or cyclic N) is 1. The Kier molecular flexibility index (Phi) is 16.8. The molecule has 7 rings (SSSR count). The maximum Gasteiger partial charge on any atom is 0.253 e. The number of piperazine rings is 1. The fourth-order valence-electron chi connectivity index (χ4n) is 11.3. The smallest absolute Gasteiger partial charge is 0.253 e. The molecule has 16 nitrogen and oxygen atoms in total. The van der Waals surface area contributed by atoms with Crippen molar-refractivity contribution in [3.05, 3.63) is 93.7 Å². The zero-order chi connectivity index (χ0) is 52.4. The molecule has 3 aliphatic rings. The molecule has 1 aliphatic carbocycles. The zero-order valence-corrected chi connectivity index (χ0v) is 45.0. The van der Waals surface area contributed by atoms with Crippen LogP contribution in [0.25, 0.3) is 10.4 Å². The highest BCUT2D eigenvalue weighted by atomic mass is 35.5. The first-order valence-electron chi connectivity index (χ1n) is 24.8. The molecule has 18 heteroatoms. The van der Waals surface area contributed by atoms with Crippen LogP contribution in [0.15, 0.2) is 66.3 Å². The van der Waals surface area contributed by atoms with Gasteiger partial charge in [-0.3, -0.25) is 24.2 Å². The molecular weight excluding hydrogens is 954 g/mol. The number of ether oxygens (including phenoxy) is 2. The van der Waals surface area contributed by atoms with Crippen molar-refractivity contribution < 1.29 is 34.1 Å². The van der Waals surface area contributed by atoms with E-state index in [1.165, 1.54) is 0 Å². The van der Waals surface area contributed by atoms with Crippen molar-refractivity contribution in [1.82, 2.24) is 35.7 Å². The van der Waals surface area contributed by atoms with E-state index in [1.807, 2.05) is 76.5 Å². The van der Waals surface area contributed by atoms with Gasteiger partial charge in [0.25, 0.3) is 5.91 Å². The van der Waals surface area contributed by atoms with Gasteiger partial charge in [-0.15, -0.1) is 11.3 Å². The van der Waals surface area contributed by atoms with Crippen LogP contribution in [0.1, 0.15) is 109 Å². The summed E-state index contributed by atoms with van der Waals surface area (Å²) in [5.74, 6) is 0.440. The largest absolute Gasteiger partial charge is 0.489 e. The topological polar surface area (TPSA) is 206 Å². The molecular formula is C54H72ClN9O7S. The van der Waals surface area contributed by atoms with Crippen LogP contribution >= 0.6 is 22.9 Å². The molecule has 0 bridgehead atoms. The van der Waals surface area contributed by atoms with Gasteiger partial charge in [0, 0.05) is 67.4 Å². The lowest BCUT2D eigenvalue weighted by Crippen LogP contribution is -2.74. The van der Waals surface area contributed by atoms with E-state index in [9.17, 15) is 29.9 Å². The number of nitrogens with one attached hydrogen (secondary N) is 3. The van der Waals surface area contributed by atoms with Crippen molar-refractivity contribution in [2.75, 3.05) is 44.3 Å². The van der Waals surface area contributed by atoms with E-state index in [0.717, 1.165) is 27.5 Å². The van der Waals surface area contributed by atoms with Crippen molar-refractivity contribution >= 4 is 46.5 Å². The van der Waals surface area contributed by atoms with Crippen molar-refractivity contribution in [3.63, 3.8) is 0 Å². The van der Waals surface area contributed by atoms with Gasteiger partial charge in [0.15, 0.2) is 0 Å². The van der Waals surface area contributed by atoms with Gasteiger partial charge in [0.1, 0.15) is 36.6 Å². The average Bonchev–Trinajstić information content (AvgIpc) is 3.95. The van der Waals surface area contributed by atoms with Gasteiger partial charge in [0.2, 0.25) is 11.8 Å². The number of thiazole rings is 1. The number of pyridine rings is 1. The van der Waals surface area contributed by atoms with Crippen molar-refractivity contribution in [2.45, 2.75) is 137 Å². The molecule has 388 valence electrons. The third-order valence-electron chi connectivity index (χ3n) is 14.9. The number of aryl methyl sites for hydroxylation is 1. The summed E-state index contributed by atoms with van der Waals surface area (Å²) in [6, 6.07) is 17.0. The molecule has 3 fully saturated rings. The standard InChI is InChI=1S/C54H72ClN9O7S/c1-31-26-62(43-19-17-38(25-57-43)47(67)61-50-53(8,9)51(54(50,10)11)71-40-18-16-37(24-56)41(55)23-40)27-32(2)63(31)20-21-70-29-44(66)60-46(52(5,6)7)49(69)64-28-39(65)22-42(64)48(68)59-33(3)35-12-14-36(15-13-35)45-34(4)58-30-72-45/h12-19,23,25,30-33,39,42,46,49-51,65,69H,20-22,26-29H2,1-11H3,(H,59,68)(H,60,66)(H,61,67)/t31-,32+,33-,39+,42-,46+,49-,50?,51?/m0/s1. The first kappa shape index (κ1) is 54.6. The molecule has 72 heavy (non-hydrogen) atoms. The lowest BCUT2D eigenvalue weighted by atomic mass is 9.49. The van der Waals surface area contributed by atoms with Crippen LogP contribution in [-0.4, -0.2) is 136 Å². The second-order valence-electron chi connectivity index (χ2n) is 22.1. The maximum atomic E-state index is 13.8. The predicted molar refractivity (Wildman–Crippen MR) is 280 cm³/mol. The van der Waals surface area contributed by atoms with E-state index in [0.29, 0.717) is 48.1 Å². The summed E-state index contributed by atoms with van der Waals surface area (Å²) >= 11 is 7.85. The van der Waals surface area contributed by atoms with Gasteiger partial charge in [0.05, 0.1) is 63.1 Å². The van der Waals surface area contributed by atoms with Crippen LogP contribution in [0.5, 0.6) is 5.75 Å². The molecule has 2 aromatic carbocycles. The molecule has 3 amide bonds. The molecule has 4 aromatic rings. The third-order valence-corrected chi connectivity index (χ3v) is 16.2. The number of aromatic nitrogens is 2. The molecule has 0 radical (unpaired) electrons. The van der Waals surface area contributed by atoms with E-state index < -0.39 is 46.6 Å². The Labute approximate surface area is 433 Å². The first-order chi connectivity index (χ1) is 33.9. The normalized spacial score (nSPS) is 24.3. The van der Waals surface area contributed by atoms with Crippen molar-refractivity contribution in [3.8, 4) is 22.3 Å². The molecule has 0 spiro atoms. The number of carbonyl (C=O) groups is 3. The van der Waals surface area contributed by atoms with Gasteiger partial charge < -0.3 is 40.5 Å². The van der Waals surface area contributed by atoms with Crippen LogP contribution in [0.4, 0.5) is 5.82 Å². The number of nitriles is 1. The lowest BCUT2D eigenvalue weighted by Gasteiger charge is -2.63. The number of benzene rings is 2.